The molecule has 0 N–H and O–H groups in total. The molecule has 1 unspecified atom stereocenters. The standard InChI is InChI=1S/C9H20N2.C3H8/c1-4-6-11-7-5-9(8-11)10(2)3;1-3-2/h9H,4-8H2,1-3H3;3H2,1-2H3. The lowest BCUT2D eigenvalue weighted by atomic mass is 10.2. The van der Waals surface area contributed by atoms with Crippen LogP contribution >= 0.6 is 0 Å². The van der Waals surface area contributed by atoms with Crippen molar-refractivity contribution in [1.29, 1.82) is 0 Å². The summed E-state index contributed by atoms with van der Waals surface area (Å²) in [6.07, 6.45) is 3.90. The SMILES string of the molecule is CCC.CCCN1CCC(N(C)C)C1. The van der Waals surface area contributed by atoms with Gasteiger partial charge in [0.1, 0.15) is 0 Å². The van der Waals surface area contributed by atoms with Gasteiger partial charge in [0.25, 0.3) is 0 Å². The van der Waals surface area contributed by atoms with E-state index >= 15 is 0 Å². The van der Waals surface area contributed by atoms with E-state index in [4.69, 9.17) is 0 Å². The van der Waals surface area contributed by atoms with Crippen molar-refractivity contribution in [3.63, 3.8) is 0 Å². The van der Waals surface area contributed by atoms with Crippen LogP contribution in [0.25, 0.3) is 0 Å². The zero-order valence-electron chi connectivity index (χ0n) is 10.7. The van der Waals surface area contributed by atoms with Crippen LogP contribution in [-0.2, 0) is 0 Å². The highest BCUT2D eigenvalue weighted by Crippen LogP contribution is 2.12. The number of likely N-dealkylation sites (N-methyl/N-ethyl adjacent to an activating group) is 1. The molecular formula is C12H28N2. The molecule has 0 radical (unpaired) electrons. The van der Waals surface area contributed by atoms with Crippen molar-refractivity contribution >= 4 is 0 Å². The van der Waals surface area contributed by atoms with E-state index in [9.17, 15) is 0 Å². The van der Waals surface area contributed by atoms with E-state index in [0.29, 0.717) is 0 Å². The topological polar surface area (TPSA) is 6.48 Å². The maximum Gasteiger partial charge on any atom is 0.0229 e. The third-order valence-corrected chi connectivity index (χ3v) is 2.52. The average Bonchev–Trinajstić information content (AvgIpc) is 2.55. The van der Waals surface area contributed by atoms with Gasteiger partial charge in [-0.25, -0.2) is 0 Å². The zero-order valence-corrected chi connectivity index (χ0v) is 10.7. The summed E-state index contributed by atoms with van der Waals surface area (Å²) in [5.74, 6) is 0. The molecule has 1 fully saturated rings. The lowest BCUT2D eigenvalue weighted by Gasteiger charge is -2.19. The molecular weight excluding hydrogens is 172 g/mol. The number of hydrogen-bond acceptors (Lipinski definition) is 2. The molecule has 1 aliphatic heterocycles. The Morgan fingerprint density at radius 3 is 2.14 bits per heavy atom. The first-order valence-corrected chi connectivity index (χ1v) is 6.04. The zero-order chi connectivity index (χ0) is 11.0. The first kappa shape index (κ1) is 13.9. The Bertz CT molecular complexity index is 123. The van der Waals surface area contributed by atoms with Crippen molar-refractivity contribution in [2.45, 2.75) is 46.1 Å². The lowest BCUT2D eigenvalue weighted by Crippen LogP contribution is -2.31. The van der Waals surface area contributed by atoms with Gasteiger partial charge in [-0.1, -0.05) is 27.2 Å². The predicted molar refractivity (Wildman–Crippen MR) is 64.8 cm³/mol. The van der Waals surface area contributed by atoms with Crippen LogP contribution in [0.15, 0.2) is 0 Å². The van der Waals surface area contributed by atoms with Gasteiger partial charge < -0.3 is 9.80 Å². The Labute approximate surface area is 90.3 Å². The monoisotopic (exact) mass is 200 g/mol. The van der Waals surface area contributed by atoms with Gasteiger partial charge in [-0.15, -0.1) is 0 Å². The molecule has 1 atom stereocenters. The summed E-state index contributed by atoms with van der Waals surface area (Å²) in [6, 6.07) is 0.807. The highest BCUT2D eigenvalue weighted by atomic mass is 15.2. The summed E-state index contributed by atoms with van der Waals surface area (Å²) < 4.78 is 0. The van der Waals surface area contributed by atoms with Crippen LogP contribution in [0, 0.1) is 0 Å². The molecule has 2 nitrogen and oxygen atoms in total. The van der Waals surface area contributed by atoms with Gasteiger partial charge in [0, 0.05) is 12.6 Å². The molecule has 0 spiro atoms. The molecule has 86 valence electrons. The molecule has 0 aromatic carbocycles. The van der Waals surface area contributed by atoms with Crippen molar-refractivity contribution in [2.75, 3.05) is 33.7 Å². The van der Waals surface area contributed by atoms with Gasteiger partial charge >= 0.3 is 0 Å². The van der Waals surface area contributed by atoms with Gasteiger partial charge in [-0.3, -0.25) is 0 Å². The van der Waals surface area contributed by atoms with Crippen LogP contribution in [0.1, 0.15) is 40.0 Å². The van der Waals surface area contributed by atoms with E-state index in [2.05, 4.69) is 44.7 Å². The molecule has 1 aliphatic rings. The highest BCUT2D eigenvalue weighted by Gasteiger charge is 2.22. The van der Waals surface area contributed by atoms with Crippen molar-refractivity contribution < 1.29 is 0 Å². The molecule has 0 aromatic rings. The quantitative estimate of drug-likeness (QED) is 0.690. The van der Waals surface area contributed by atoms with Crippen LogP contribution in [0.4, 0.5) is 0 Å². The highest BCUT2D eigenvalue weighted by molar-refractivity contribution is 4.79. The van der Waals surface area contributed by atoms with Crippen molar-refractivity contribution in [3.8, 4) is 0 Å². The summed E-state index contributed by atoms with van der Waals surface area (Å²) in [6.45, 7) is 10.4. The first-order valence-electron chi connectivity index (χ1n) is 6.04. The van der Waals surface area contributed by atoms with E-state index in [1.54, 1.807) is 0 Å². The van der Waals surface area contributed by atoms with Crippen molar-refractivity contribution in [3.05, 3.63) is 0 Å². The van der Waals surface area contributed by atoms with Crippen molar-refractivity contribution in [1.82, 2.24) is 9.80 Å². The summed E-state index contributed by atoms with van der Waals surface area (Å²) in [7, 11) is 4.36. The second-order valence-electron chi connectivity index (χ2n) is 4.41. The third kappa shape index (κ3) is 5.61. The van der Waals surface area contributed by atoms with Gasteiger partial charge in [-0.05, 0) is 40.0 Å². The molecule has 0 aromatic heterocycles. The Hall–Kier alpha value is -0.0800. The molecule has 1 heterocycles. The number of nitrogens with zero attached hydrogens (tertiary/aromatic N) is 2. The minimum absolute atomic E-state index is 0.807. The number of rotatable bonds is 3. The number of likely N-dealkylation sites (tertiary alicyclic amines) is 1. The second-order valence-corrected chi connectivity index (χ2v) is 4.41. The van der Waals surface area contributed by atoms with Gasteiger partial charge in [-0.2, -0.15) is 0 Å². The summed E-state index contributed by atoms with van der Waals surface area (Å²) in [5.41, 5.74) is 0. The Balaban J connectivity index is 0.000000500. The van der Waals surface area contributed by atoms with Gasteiger partial charge in [0.05, 0.1) is 0 Å². The Kier molecular flexibility index (Phi) is 8.20. The van der Waals surface area contributed by atoms with E-state index in [1.165, 1.54) is 38.9 Å². The van der Waals surface area contributed by atoms with E-state index < -0.39 is 0 Å². The molecule has 1 rings (SSSR count). The fraction of sp³-hybridized carbons (Fsp3) is 1.00. The minimum atomic E-state index is 0.807. The van der Waals surface area contributed by atoms with Crippen molar-refractivity contribution in [2.24, 2.45) is 0 Å². The average molecular weight is 200 g/mol. The minimum Gasteiger partial charge on any atom is -0.305 e. The predicted octanol–water partition coefficient (Wildman–Crippen LogP) is 2.45. The number of hydrogen-bond donors (Lipinski definition) is 0. The van der Waals surface area contributed by atoms with Crippen LogP contribution in [0.3, 0.4) is 0 Å². The fourth-order valence-electron chi connectivity index (χ4n) is 1.75. The van der Waals surface area contributed by atoms with Crippen LogP contribution in [0.5, 0.6) is 0 Å². The first-order chi connectivity index (χ1) is 6.65. The van der Waals surface area contributed by atoms with Gasteiger partial charge in [0.2, 0.25) is 0 Å². The van der Waals surface area contributed by atoms with E-state index in [0.717, 1.165) is 6.04 Å². The van der Waals surface area contributed by atoms with Crippen LogP contribution < -0.4 is 0 Å². The molecule has 0 saturated carbocycles. The van der Waals surface area contributed by atoms with Crippen LogP contribution in [0.2, 0.25) is 0 Å². The lowest BCUT2D eigenvalue weighted by molar-refractivity contribution is 0.269. The normalized spacial score (nSPS) is 22.3. The maximum absolute atomic E-state index is 2.56. The molecule has 2 heteroatoms. The molecule has 0 amide bonds. The summed E-state index contributed by atoms with van der Waals surface area (Å²) in [4.78, 5) is 4.90. The molecule has 0 aliphatic carbocycles. The summed E-state index contributed by atoms with van der Waals surface area (Å²) >= 11 is 0. The van der Waals surface area contributed by atoms with E-state index in [-0.39, 0.29) is 0 Å². The summed E-state index contributed by atoms with van der Waals surface area (Å²) in [5, 5.41) is 0. The molecule has 1 saturated heterocycles. The van der Waals surface area contributed by atoms with E-state index in [1.807, 2.05) is 0 Å². The molecule has 0 bridgehead atoms. The van der Waals surface area contributed by atoms with Crippen LogP contribution in [-0.4, -0.2) is 49.6 Å². The van der Waals surface area contributed by atoms with Gasteiger partial charge in [0.15, 0.2) is 0 Å². The third-order valence-electron chi connectivity index (χ3n) is 2.52. The largest absolute Gasteiger partial charge is 0.305 e. The second kappa shape index (κ2) is 8.25. The Morgan fingerprint density at radius 1 is 1.21 bits per heavy atom. The fourth-order valence-corrected chi connectivity index (χ4v) is 1.75. The Morgan fingerprint density at radius 2 is 1.79 bits per heavy atom. The smallest absolute Gasteiger partial charge is 0.0229 e. The molecule has 14 heavy (non-hydrogen) atoms. The maximum atomic E-state index is 2.56.